The van der Waals surface area contributed by atoms with E-state index in [1.807, 2.05) is 7.05 Å². The zero-order valence-electron chi connectivity index (χ0n) is 22.9. The summed E-state index contributed by atoms with van der Waals surface area (Å²) >= 11 is 0. The summed E-state index contributed by atoms with van der Waals surface area (Å²) in [7, 11) is 1.82. The van der Waals surface area contributed by atoms with Gasteiger partial charge in [0, 0.05) is 0 Å². The van der Waals surface area contributed by atoms with Crippen LogP contribution in [0.1, 0.15) is 181 Å². The molecule has 32 heavy (non-hydrogen) atoms. The van der Waals surface area contributed by atoms with Gasteiger partial charge in [0.1, 0.15) is 0 Å². The van der Waals surface area contributed by atoms with Gasteiger partial charge < -0.3 is 10.3 Å². The van der Waals surface area contributed by atoms with Crippen molar-refractivity contribution in [3.63, 3.8) is 0 Å². The molecule has 0 heterocycles. The van der Waals surface area contributed by atoms with E-state index in [1.54, 1.807) is 0 Å². The van der Waals surface area contributed by atoms with Crippen LogP contribution in [0.2, 0.25) is 0 Å². The van der Waals surface area contributed by atoms with E-state index in [-0.39, 0.29) is 0 Å². The molecule has 0 aliphatic carbocycles. The van der Waals surface area contributed by atoms with Crippen molar-refractivity contribution < 1.29 is 5.06 Å². The number of unbranched alkanes of at least 4 members (excludes halogenated alkanes) is 22. The fraction of sp³-hybridized carbons (Fsp3) is 1.00. The molecule has 0 aliphatic rings. The molecule has 0 aliphatic heterocycles. The first-order chi connectivity index (χ1) is 15.7. The van der Waals surface area contributed by atoms with E-state index in [0.717, 1.165) is 12.8 Å². The van der Waals surface area contributed by atoms with Gasteiger partial charge in [0.2, 0.25) is 0 Å². The molecule has 0 rings (SSSR count). The lowest BCUT2D eigenvalue weighted by molar-refractivity contribution is -0.855. The number of rotatable bonds is 27. The Bertz CT molecular complexity index is 331. The number of hydroxylamine groups is 2. The van der Waals surface area contributed by atoms with Crippen molar-refractivity contribution in [2.75, 3.05) is 7.05 Å². The summed E-state index contributed by atoms with van der Waals surface area (Å²) in [5.74, 6) is 0. The van der Waals surface area contributed by atoms with Crippen molar-refractivity contribution in [1.82, 2.24) is 0 Å². The molecular formula is C30H63NO. The third-order valence-electron chi connectivity index (χ3n) is 7.39. The van der Waals surface area contributed by atoms with Gasteiger partial charge in [-0.1, -0.05) is 155 Å². The van der Waals surface area contributed by atoms with Crippen LogP contribution in [-0.4, -0.2) is 13.1 Å². The van der Waals surface area contributed by atoms with Crippen LogP contribution in [0.15, 0.2) is 0 Å². The average Bonchev–Trinajstić information content (AvgIpc) is 2.78. The first-order valence-electron chi connectivity index (χ1n) is 15.2. The Hall–Kier alpha value is -0.0800. The van der Waals surface area contributed by atoms with Gasteiger partial charge in [-0.25, -0.2) is 0 Å². The summed E-state index contributed by atoms with van der Waals surface area (Å²) in [5.41, 5.74) is 0. The molecule has 2 nitrogen and oxygen atoms in total. The van der Waals surface area contributed by atoms with Gasteiger partial charge in [0.05, 0.1) is 13.1 Å². The first-order valence-corrected chi connectivity index (χ1v) is 15.2. The first kappa shape index (κ1) is 31.9. The van der Waals surface area contributed by atoms with Gasteiger partial charge in [0.15, 0.2) is 0 Å². The molecule has 1 N–H and O–H groups in total. The zero-order valence-corrected chi connectivity index (χ0v) is 22.9. The Morgan fingerprint density at radius 1 is 0.406 bits per heavy atom. The number of hydrogen-bond acceptors (Lipinski definition) is 1. The summed E-state index contributed by atoms with van der Waals surface area (Å²) in [6.45, 7) is 4.58. The van der Waals surface area contributed by atoms with Crippen molar-refractivity contribution >= 4 is 0 Å². The molecule has 0 saturated heterocycles. The van der Waals surface area contributed by atoms with E-state index in [0.29, 0.717) is 11.1 Å². The smallest absolute Gasteiger partial charge is 0.0869 e. The molecule has 0 bridgehead atoms. The van der Waals surface area contributed by atoms with E-state index < -0.39 is 0 Å². The van der Waals surface area contributed by atoms with Crippen LogP contribution in [0.5, 0.6) is 0 Å². The second-order valence-electron chi connectivity index (χ2n) is 10.7. The molecule has 194 valence electrons. The highest BCUT2D eigenvalue weighted by atomic mass is 16.5. The van der Waals surface area contributed by atoms with Crippen molar-refractivity contribution in [1.29, 1.82) is 0 Å². The third-order valence-corrected chi connectivity index (χ3v) is 7.39. The van der Waals surface area contributed by atoms with Crippen LogP contribution in [-0.2, 0) is 0 Å². The summed E-state index contributed by atoms with van der Waals surface area (Å²) in [5, 5.41) is 12.4. The monoisotopic (exact) mass is 453 g/mol. The minimum Gasteiger partial charge on any atom is -0.634 e. The second-order valence-corrected chi connectivity index (χ2v) is 10.7. The lowest BCUT2D eigenvalue weighted by Gasteiger charge is -2.28. The minimum atomic E-state index is 0.349. The molecule has 0 aromatic heterocycles. The number of hydrogen-bond donors (Lipinski definition) is 1. The van der Waals surface area contributed by atoms with E-state index >= 15 is 0 Å². The van der Waals surface area contributed by atoms with Crippen LogP contribution in [0.25, 0.3) is 0 Å². The van der Waals surface area contributed by atoms with Crippen LogP contribution in [0.4, 0.5) is 0 Å². The van der Waals surface area contributed by atoms with E-state index in [1.165, 1.54) is 154 Å². The highest BCUT2D eigenvalue weighted by molar-refractivity contribution is 4.59. The Balaban J connectivity index is 3.38. The summed E-state index contributed by atoms with van der Waals surface area (Å²) in [6.07, 6.45) is 35.8. The summed E-state index contributed by atoms with van der Waals surface area (Å²) in [6, 6.07) is 0.349. The maximum atomic E-state index is 12.0. The van der Waals surface area contributed by atoms with Gasteiger partial charge in [-0.3, -0.25) is 0 Å². The molecule has 2 unspecified atom stereocenters. The second kappa shape index (κ2) is 27.2. The Labute approximate surface area is 204 Å². The van der Waals surface area contributed by atoms with Crippen LogP contribution in [0, 0.1) is 5.21 Å². The lowest BCUT2D eigenvalue weighted by atomic mass is 9.99. The fourth-order valence-electron chi connectivity index (χ4n) is 5.01. The number of quaternary nitrogens is 1. The summed E-state index contributed by atoms with van der Waals surface area (Å²) < 4.78 is 0. The Morgan fingerprint density at radius 3 is 0.844 bits per heavy atom. The molecule has 2 atom stereocenters. The van der Waals surface area contributed by atoms with E-state index in [4.69, 9.17) is 0 Å². The number of nitrogens with one attached hydrogen (secondary N) is 1. The van der Waals surface area contributed by atoms with Crippen LogP contribution in [0.3, 0.4) is 0 Å². The molecule has 2 heteroatoms. The standard InChI is InChI=1S/C30H63NO/c1-4-6-8-10-12-14-15-16-17-18-19-21-23-25-27-29-30(31(3)32)28-26-24-22-20-13-11-9-7-5-2/h30-31H,4-29H2,1-3H3. The highest BCUT2D eigenvalue weighted by Gasteiger charge is 2.11. The van der Waals surface area contributed by atoms with Gasteiger partial charge >= 0.3 is 0 Å². The SMILES string of the molecule is CCCCCCCCCCCCCCCCCC(CCCCCCCCCCC)[NH+](C)[O-]. The van der Waals surface area contributed by atoms with Crippen molar-refractivity contribution in [3.05, 3.63) is 5.21 Å². The van der Waals surface area contributed by atoms with E-state index in [2.05, 4.69) is 13.8 Å². The van der Waals surface area contributed by atoms with Crippen molar-refractivity contribution in [3.8, 4) is 0 Å². The molecule has 0 aromatic carbocycles. The van der Waals surface area contributed by atoms with Gasteiger partial charge in [-0.2, -0.15) is 0 Å². The molecule has 0 radical (unpaired) electrons. The summed E-state index contributed by atoms with van der Waals surface area (Å²) in [4.78, 5) is 0. The molecule has 0 fully saturated rings. The fourth-order valence-corrected chi connectivity index (χ4v) is 5.01. The topological polar surface area (TPSA) is 27.5 Å². The van der Waals surface area contributed by atoms with Crippen LogP contribution >= 0.6 is 0 Å². The maximum absolute atomic E-state index is 12.0. The van der Waals surface area contributed by atoms with Gasteiger partial charge in [-0.15, -0.1) is 0 Å². The maximum Gasteiger partial charge on any atom is 0.0869 e. The molecule has 0 saturated carbocycles. The van der Waals surface area contributed by atoms with Crippen molar-refractivity contribution in [2.45, 2.75) is 187 Å². The average molecular weight is 454 g/mol. The minimum absolute atomic E-state index is 0.349. The normalized spacial score (nSPS) is 13.5. The quantitative estimate of drug-likeness (QED) is 0.0972. The van der Waals surface area contributed by atoms with Crippen LogP contribution < -0.4 is 5.06 Å². The largest absolute Gasteiger partial charge is 0.634 e. The Morgan fingerprint density at radius 2 is 0.625 bits per heavy atom. The van der Waals surface area contributed by atoms with Gasteiger partial charge in [0.25, 0.3) is 0 Å². The van der Waals surface area contributed by atoms with E-state index in [9.17, 15) is 5.21 Å². The van der Waals surface area contributed by atoms with Crippen molar-refractivity contribution in [2.24, 2.45) is 0 Å². The molecule has 0 amide bonds. The Kier molecular flexibility index (Phi) is 27.1. The zero-order chi connectivity index (χ0) is 23.5. The molecule has 0 aromatic rings. The predicted molar refractivity (Wildman–Crippen MR) is 145 cm³/mol. The highest BCUT2D eigenvalue weighted by Crippen LogP contribution is 2.15. The van der Waals surface area contributed by atoms with Gasteiger partial charge in [-0.05, 0) is 25.7 Å². The predicted octanol–water partition coefficient (Wildman–Crippen LogP) is 9.55. The lowest BCUT2D eigenvalue weighted by Crippen LogP contribution is -3.08. The third kappa shape index (κ3) is 24.6. The molecular weight excluding hydrogens is 390 g/mol. The molecule has 0 spiro atoms.